The summed E-state index contributed by atoms with van der Waals surface area (Å²) < 4.78 is 5.37. The van der Waals surface area contributed by atoms with E-state index >= 15 is 0 Å². The smallest absolute Gasteiger partial charge is 0.272 e. The van der Waals surface area contributed by atoms with Gasteiger partial charge in [0.25, 0.3) is 5.91 Å². The number of nitrogens with one attached hydrogen (secondary N) is 1. The zero-order valence-corrected chi connectivity index (χ0v) is 17.6. The van der Waals surface area contributed by atoms with Crippen molar-refractivity contribution >= 4 is 34.6 Å². The number of benzene rings is 3. The molecule has 0 aliphatic carbocycles. The molecule has 1 amide bonds. The molecule has 0 radical (unpaired) electrons. The van der Waals surface area contributed by atoms with Gasteiger partial charge in [0.2, 0.25) is 0 Å². The summed E-state index contributed by atoms with van der Waals surface area (Å²) in [7, 11) is 0. The van der Waals surface area contributed by atoms with Crippen molar-refractivity contribution in [2.24, 2.45) is 5.10 Å². The van der Waals surface area contributed by atoms with Crippen molar-refractivity contribution in [1.29, 1.82) is 5.26 Å². The number of hydrazone groups is 1. The van der Waals surface area contributed by atoms with Crippen molar-refractivity contribution in [3.05, 3.63) is 95.0 Å². The monoisotopic (exact) mass is 440 g/mol. The lowest BCUT2D eigenvalue weighted by Gasteiger charge is -2.09. The van der Waals surface area contributed by atoms with Gasteiger partial charge in [-0.2, -0.15) is 10.4 Å². The van der Waals surface area contributed by atoms with Crippen molar-refractivity contribution in [1.82, 2.24) is 10.4 Å². The Morgan fingerprint density at radius 3 is 2.69 bits per heavy atom. The highest BCUT2D eigenvalue weighted by atomic mass is 35.5. The van der Waals surface area contributed by atoms with Gasteiger partial charge in [-0.05, 0) is 30.3 Å². The SMILES string of the molecule is N#CCOc1ccc(Cl)cc1/C=N\NC(=O)c1cc(-c2ccccc2)nc2ccccc12. The number of rotatable bonds is 6. The first-order valence-corrected chi connectivity index (χ1v) is 10.1. The Morgan fingerprint density at radius 2 is 1.88 bits per heavy atom. The van der Waals surface area contributed by atoms with E-state index in [-0.39, 0.29) is 12.5 Å². The molecule has 7 heteroatoms. The van der Waals surface area contributed by atoms with E-state index in [1.165, 1.54) is 6.21 Å². The fourth-order valence-corrected chi connectivity index (χ4v) is 3.38. The number of halogens is 1. The molecule has 0 saturated heterocycles. The summed E-state index contributed by atoms with van der Waals surface area (Å²) in [5.41, 5.74) is 5.88. The van der Waals surface area contributed by atoms with Crippen molar-refractivity contribution in [2.75, 3.05) is 6.61 Å². The zero-order valence-electron chi connectivity index (χ0n) is 16.8. The van der Waals surface area contributed by atoms with E-state index in [1.54, 1.807) is 24.3 Å². The van der Waals surface area contributed by atoms with Crippen LogP contribution in [-0.4, -0.2) is 23.7 Å². The maximum atomic E-state index is 13.0. The summed E-state index contributed by atoms with van der Waals surface area (Å²) in [6, 6.07) is 25.7. The molecule has 0 unspecified atom stereocenters. The topological polar surface area (TPSA) is 87.4 Å². The van der Waals surface area contributed by atoms with Gasteiger partial charge in [0, 0.05) is 21.5 Å². The van der Waals surface area contributed by atoms with Crippen LogP contribution in [0, 0.1) is 11.3 Å². The minimum atomic E-state index is -0.376. The molecule has 0 aliphatic heterocycles. The number of nitriles is 1. The van der Waals surface area contributed by atoms with Crippen molar-refractivity contribution < 1.29 is 9.53 Å². The van der Waals surface area contributed by atoms with E-state index in [0.717, 1.165) is 10.9 Å². The van der Waals surface area contributed by atoms with E-state index in [2.05, 4.69) is 10.5 Å². The number of fused-ring (bicyclic) bond motifs is 1. The van der Waals surface area contributed by atoms with Crippen molar-refractivity contribution in [3.63, 3.8) is 0 Å². The molecule has 1 heterocycles. The molecule has 1 aromatic heterocycles. The molecule has 6 nitrogen and oxygen atoms in total. The summed E-state index contributed by atoms with van der Waals surface area (Å²) >= 11 is 6.05. The lowest BCUT2D eigenvalue weighted by atomic mass is 10.0. The Morgan fingerprint density at radius 1 is 1.09 bits per heavy atom. The maximum Gasteiger partial charge on any atom is 0.272 e. The van der Waals surface area contributed by atoms with Gasteiger partial charge in [0.05, 0.1) is 23.0 Å². The Kier molecular flexibility index (Phi) is 6.40. The number of nitrogens with zero attached hydrogens (tertiary/aromatic N) is 3. The molecule has 32 heavy (non-hydrogen) atoms. The van der Waals surface area contributed by atoms with E-state index in [0.29, 0.717) is 33.1 Å². The van der Waals surface area contributed by atoms with Crippen molar-refractivity contribution in [3.8, 4) is 23.1 Å². The van der Waals surface area contributed by atoms with Crippen LogP contribution in [0.15, 0.2) is 84.0 Å². The maximum absolute atomic E-state index is 13.0. The molecule has 1 N–H and O–H groups in total. The summed E-state index contributed by atoms with van der Waals surface area (Å²) in [5.74, 6) is 0.0632. The van der Waals surface area contributed by atoms with E-state index in [4.69, 9.17) is 26.6 Å². The summed E-state index contributed by atoms with van der Waals surface area (Å²) in [6.07, 6.45) is 1.43. The number of carbonyl (C=O) groups is 1. The lowest BCUT2D eigenvalue weighted by Crippen LogP contribution is -2.18. The number of ether oxygens (including phenoxy) is 1. The summed E-state index contributed by atoms with van der Waals surface area (Å²) in [6.45, 7) is -0.111. The van der Waals surface area contributed by atoms with Crippen LogP contribution in [0.3, 0.4) is 0 Å². The van der Waals surface area contributed by atoms with Crippen LogP contribution in [0.25, 0.3) is 22.2 Å². The van der Waals surface area contributed by atoms with Crippen LogP contribution in [0.5, 0.6) is 5.75 Å². The van der Waals surface area contributed by atoms with Crippen LogP contribution in [0.4, 0.5) is 0 Å². The quantitative estimate of drug-likeness (QED) is 0.329. The van der Waals surface area contributed by atoms with Crippen LogP contribution in [-0.2, 0) is 0 Å². The van der Waals surface area contributed by atoms with E-state index in [9.17, 15) is 4.79 Å². The van der Waals surface area contributed by atoms with Crippen LogP contribution in [0.2, 0.25) is 5.02 Å². The first kappa shape index (κ1) is 21.0. The molecule has 0 spiro atoms. The van der Waals surface area contributed by atoms with Gasteiger partial charge in [-0.25, -0.2) is 10.4 Å². The highest BCUT2D eigenvalue weighted by Gasteiger charge is 2.13. The number of hydrogen-bond acceptors (Lipinski definition) is 5. The molecule has 0 aliphatic rings. The number of para-hydroxylation sites is 1. The Labute approximate surface area is 189 Å². The fraction of sp³-hybridized carbons (Fsp3) is 0.0400. The minimum Gasteiger partial charge on any atom is -0.478 e. The average Bonchev–Trinajstić information content (AvgIpc) is 2.83. The first-order chi connectivity index (χ1) is 15.7. The fourth-order valence-electron chi connectivity index (χ4n) is 3.20. The van der Waals surface area contributed by atoms with Crippen LogP contribution in [0.1, 0.15) is 15.9 Å². The van der Waals surface area contributed by atoms with Gasteiger partial charge in [-0.1, -0.05) is 60.1 Å². The normalized spacial score (nSPS) is 10.8. The molecule has 4 rings (SSSR count). The van der Waals surface area contributed by atoms with Gasteiger partial charge < -0.3 is 4.74 Å². The molecule has 0 bridgehead atoms. The predicted octanol–water partition coefficient (Wildman–Crippen LogP) is 5.22. The number of amides is 1. The molecule has 0 fully saturated rings. The molecule has 0 atom stereocenters. The van der Waals surface area contributed by atoms with Crippen molar-refractivity contribution in [2.45, 2.75) is 0 Å². The molecule has 3 aromatic carbocycles. The third-order valence-corrected chi connectivity index (χ3v) is 4.90. The third-order valence-electron chi connectivity index (χ3n) is 4.66. The second-order valence-corrected chi connectivity index (χ2v) is 7.20. The molecular weight excluding hydrogens is 424 g/mol. The molecular formula is C25H17ClN4O2. The van der Waals surface area contributed by atoms with E-state index in [1.807, 2.05) is 60.7 Å². The highest BCUT2D eigenvalue weighted by Crippen LogP contribution is 2.25. The molecule has 0 saturated carbocycles. The zero-order chi connectivity index (χ0) is 22.3. The van der Waals surface area contributed by atoms with Crippen LogP contribution < -0.4 is 10.2 Å². The van der Waals surface area contributed by atoms with Crippen LogP contribution >= 0.6 is 11.6 Å². The molecule has 4 aromatic rings. The Bertz CT molecular complexity index is 1350. The van der Waals surface area contributed by atoms with Gasteiger partial charge in [0.1, 0.15) is 11.8 Å². The second kappa shape index (κ2) is 9.73. The number of carbonyl (C=O) groups excluding carboxylic acids is 1. The Hall–Kier alpha value is -4.21. The lowest BCUT2D eigenvalue weighted by molar-refractivity contribution is 0.0956. The van der Waals surface area contributed by atoms with Gasteiger partial charge in [0.15, 0.2) is 6.61 Å². The first-order valence-electron chi connectivity index (χ1n) is 9.73. The summed E-state index contributed by atoms with van der Waals surface area (Å²) in [5, 5.41) is 14.0. The van der Waals surface area contributed by atoms with E-state index < -0.39 is 0 Å². The second-order valence-electron chi connectivity index (χ2n) is 6.77. The minimum absolute atomic E-state index is 0.111. The largest absolute Gasteiger partial charge is 0.478 e. The average molecular weight is 441 g/mol. The highest BCUT2D eigenvalue weighted by molar-refractivity contribution is 6.30. The Balaban J connectivity index is 1.64. The number of aromatic nitrogens is 1. The number of pyridine rings is 1. The van der Waals surface area contributed by atoms with Gasteiger partial charge in [-0.15, -0.1) is 0 Å². The third kappa shape index (κ3) is 4.75. The van der Waals surface area contributed by atoms with Gasteiger partial charge >= 0.3 is 0 Å². The van der Waals surface area contributed by atoms with Gasteiger partial charge in [-0.3, -0.25) is 4.79 Å². The molecule has 156 valence electrons. The predicted molar refractivity (Wildman–Crippen MR) is 125 cm³/mol. The summed E-state index contributed by atoms with van der Waals surface area (Å²) in [4.78, 5) is 17.7. The standard InChI is InChI=1S/C25H17ClN4O2/c26-19-10-11-24(32-13-12-27)18(14-19)16-28-30-25(31)21-15-23(17-6-2-1-3-7-17)29-22-9-5-4-8-20(21)22/h1-11,14-16H,13H2,(H,30,31)/b28-16-. The number of hydrogen-bond donors (Lipinski definition) is 1.